The maximum absolute atomic E-state index is 14.0. The zero-order valence-corrected chi connectivity index (χ0v) is 21.6. The van der Waals surface area contributed by atoms with Gasteiger partial charge in [-0.05, 0) is 53.6 Å². The molecule has 0 spiro atoms. The van der Waals surface area contributed by atoms with Gasteiger partial charge in [-0.2, -0.15) is 0 Å². The molecular formula is C32H26N2O5. The Hall–Kier alpha value is -4.91. The largest absolute Gasteiger partial charge is 0.497 e. The van der Waals surface area contributed by atoms with E-state index in [1.165, 1.54) is 0 Å². The third kappa shape index (κ3) is 3.69. The number of aromatic nitrogens is 1. The number of hydrogen-bond acceptors (Lipinski definition) is 5. The summed E-state index contributed by atoms with van der Waals surface area (Å²) >= 11 is 0. The van der Waals surface area contributed by atoms with Crippen molar-refractivity contribution in [1.29, 1.82) is 0 Å². The first-order chi connectivity index (χ1) is 19.2. The number of methoxy groups -OCH3 is 2. The van der Waals surface area contributed by atoms with Crippen molar-refractivity contribution in [2.24, 2.45) is 0 Å². The summed E-state index contributed by atoms with van der Waals surface area (Å²) in [6.07, 6.45) is 0. The fourth-order valence-corrected chi connectivity index (χ4v) is 5.75. The van der Waals surface area contributed by atoms with Crippen molar-refractivity contribution < 1.29 is 23.7 Å². The molecule has 2 aliphatic rings. The third-order valence-electron chi connectivity index (χ3n) is 7.54. The lowest BCUT2D eigenvalue weighted by Gasteiger charge is -2.27. The molecule has 0 saturated carbocycles. The Kier molecular flexibility index (Phi) is 5.44. The molecule has 39 heavy (non-hydrogen) atoms. The van der Waals surface area contributed by atoms with E-state index in [4.69, 9.17) is 18.9 Å². The molecule has 194 valence electrons. The van der Waals surface area contributed by atoms with E-state index >= 15 is 0 Å². The third-order valence-corrected chi connectivity index (χ3v) is 7.54. The number of fused-ring (bicyclic) bond motifs is 3. The number of para-hydroxylation sites is 1. The normalized spacial score (nSPS) is 15.6. The number of carbonyl (C=O) groups excluding carboxylic acids is 1. The van der Waals surface area contributed by atoms with Crippen LogP contribution in [0.4, 0.5) is 0 Å². The molecule has 4 aromatic carbocycles. The minimum absolute atomic E-state index is 0.0119. The highest BCUT2D eigenvalue weighted by atomic mass is 16.7. The topological polar surface area (TPSA) is 73.0 Å². The maximum atomic E-state index is 14.0. The number of rotatable bonds is 6. The van der Waals surface area contributed by atoms with Gasteiger partial charge in [0, 0.05) is 34.1 Å². The minimum atomic E-state index is -0.332. The SMILES string of the molecule is COc1ccc(OC)c(-c2[nH]c3ccccc3c2C2c3ccccc3C(=O)N2Cc2ccc3c(c2)OCO3)c1. The molecule has 0 radical (unpaired) electrons. The van der Waals surface area contributed by atoms with Gasteiger partial charge in [0.2, 0.25) is 6.79 Å². The molecule has 7 nitrogen and oxygen atoms in total. The van der Waals surface area contributed by atoms with Crippen LogP contribution < -0.4 is 18.9 Å². The smallest absolute Gasteiger partial charge is 0.255 e. The first-order valence-electron chi connectivity index (χ1n) is 12.8. The fraction of sp³-hybridized carbons (Fsp3) is 0.156. The molecule has 7 rings (SSSR count). The van der Waals surface area contributed by atoms with Gasteiger partial charge < -0.3 is 28.8 Å². The molecule has 1 unspecified atom stereocenters. The van der Waals surface area contributed by atoms with Gasteiger partial charge in [-0.25, -0.2) is 0 Å². The number of aromatic amines is 1. The predicted molar refractivity (Wildman–Crippen MR) is 148 cm³/mol. The Morgan fingerprint density at radius 3 is 2.56 bits per heavy atom. The Morgan fingerprint density at radius 1 is 0.872 bits per heavy atom. The molecule has 2 aliphatic heterocycles. The van der Waals surface area contributed by atoms with Crippen LogP contribution in [0.5, 0.6) is 23.0 Å². The van der Waals surface area contributed by atoms with Crippen LogP contribution in [0.25, 0.3) is 22.2 Å². The fourth-order valence-electron chi connectivity index (χ4n) is 5.75. The highest BCUT2D eigenvalue weighted by molar-refractivity contribution is 6.02. The molecular weight excluding hydrogens is 492 g/mol. The number of amides is 1. The number of nitrogens with one attached hydrogen (secondary N) is 1. The average Bonchev–Trinajstić information content (AvgIpc) is 3.67. The van der Waals surface area contributed by atoms with Crippen LogP contribution in [0.1, 0.15) is 33.1 Å². The zero-order valence-electron chi connectivity index (χ0n) is 21.6. The van der Waals surface area contributed by atoms with Crippen molar-refractivity contribution in [3.05, 3.63) is 107 Å². The van der Waals surface area contributed by atoms with Gasteiger partial charge in [0.05, 0.1) is 26.0 Å². The number of hydrogen-bond donors (Lipinski definition) is 1. The van der Waals surface area contributed by atoms with Gasteiger partial charge in [-0.3, -0.25) is 4.79 Å². The van der Waals surface area contributed by atoms with Crippen LogP contribution in [-0.4, -0.2) is 36.8 Å². The highest BCUT2D eigenvalue weighted by Gasteiger charge is 2.40. The molecule has 3 heterocycles. The van der Waals surface area contributed by atoms with E-state index in [0.29, 0.717) is 23.6 Å². The number of carbonyl (C=O) groups is 1. The second-order valence-corrected chi connectivity index (χ2v) is 9.64. The second-order valence-electron chi connectivity index (χ2n) is 9.64. The van der Waals surface area contributed by atoms with E-state index in [2.05, 4.69) is 17.1 Å². The van der Waals surface area contributed by atoms with Crippen LogP contribution >= 0.6 is 0 Å². The summed E-state index contributed by atoms with van der Waals surface area (Å²) in [4.78, 5) is 19.5. The number of H-pyrrole nitrogens is 1. The van der Waals surface area contributed by atoms with Crippen LogP contribution in [0.15, 0.2) is 84.9 Å². The molecule has 7 heteroatoms. The van der Waals surface area contributed by atoms with Crippen molar-refractivity contribution >= 4 is 16.8 Å². The Morgan fingerprint density at radius 2 is 1.69 bits per heavy atom. The van der Waals surface area contributed by atoms with E-state index in [1.54, 1.807) is 14.2 Å². The summed E-state index contributed by atoms with van der Waals surface area (Å²) in [6, 6.07) is 27.3. The van der Waals surface area contributed by atoms with Gasteiger partial charge in [0.1, 0.15) is 11.5 Å². The lowest BCUT2D eigenvalue weighted by atomic mass is 9.92. The maximum Gasteiger partial charge on any atom is 0.255 e. The molecule has 1 amide bonds. The quantitative estimate of drug-likeness (QED) is 0.285. The van der Waals surface area contributed by atoms with Gasteiger partial charge in [-0.1, -0.05) is 42.5 Å². The Bertz CT molecular complexity index is 1740. The summed E-state index contributed by atoms with van der Waals surface area (Å²) < 4.78 is 22.5. The molecule has 0 fully saturated rings. The summed E-state index contributed by atoms with van der Waals surface area (Å²) in [6.45, 7) is 0.611. The van der Waals surface area contributed by atoms with E-state index in [0.717, 1.165) is 50.3 Å². The Balaban J connectivity index is 1.45. The van der Waals surface area contributed by atoms with Crippen molar-refractivity contribution in [2.45, 2.75) is 12.6 Å². The standard InChI is InChI=1S/C32H26N2O5/c1-36-20-12-14-26(37-2)24(16-20)30-29(23-9-5-6-10-25(23)33-30)31-21-7-3-4-8-22(21)32(35)34(31)17-19-11-13-27-28(15-19)39-18-38-27/h3-16,31,33H,17-18H2,1-2H3. The molecule has 0 bridgehead atoms. The summed E-state index contributed by atoms with van der Waals surface area (Å²) in [5.41, 5.74) is 6.38. The van der Waals surface area contributed by atoms with Crippen molar-refractivity contribution in [1.82, 2.24) is 9.88 Å². The number of nitrogens with zero attached hydrogens (tertiary/aromatic N) is 1. The van der Waals surface area contributed by atoms with E-state index in [-0.39, 0.29) is 18.7 Å². The van der Waals surface area contributed by atoms with Crippen molar-refractivity contribution in [3.63, 3.8) is 0 Å². The monoisotopic (exact) mass is 518 g/mol. The molecule has 1 aromatic heterocycles. The van der Waals surface area contributed by atoms with E-state index in [9.17, 15) is 4.79 Å². The average molecular weight is 519 g/mol. The van der Waals surface area contributed by atoms with Crippen LogP contribution in [0.3, 0.4) is 0 Å². The van der Waals surface area contributed by atoms with Gasteiger partial charge >= 0.3 is 0 Å². The highest BCUT2D eigenvalue weighted by Crippen LogP contribution is 2.48. The summed E-state index contributed by atoms with van der Waals surface area (Å²) in [5.74, 6) is 2.83. The first kappa shape index (κ1) is 23.2. The van der Waals surface area contributed by atoms with Gasteiger partial charge in [0.15, 0.2) is 11.5 Å². The summed E-state index contributed by atoms with van der Waals surface area (Å²) in [5, 5.41) is 1.04. The van der Waals surface area contributed by atoms with Crippen molar-refractivity contribution in [2.75, 3.05) is 21.0 Å². The van der Waals surface area contributed by atoms with Gasteiger partial charge in [-0.15, -0.1) is 0 Å². The number of benzene rings is 4. The summed E-state index contributed by atoms with van der Waals surface area (Å²) in [7, 11) is 3.31. The minimum Gasteiger partial charge on any atom is -0.497 e. The molecule has 5 aromatic rings. The van der Waals surface area contributed by atoms with E-state index in [1.807, 2.05) is 77.7 Å². The second kappa shape index (κ2) is 9.13. The lowest BCUT2D eigenvalue weighted by molar-refractivity contribution is 0.0737. The van der Waals surface area contributed by atoms with Crippen molar-refractivity contribution in [3.8, 4) is 34.3 Å². The van der Waals surface area contributed by atoms with E-state index < -0.39 is 0 Å². The lowest BCUT2D eigenvalue weighted by Crippen LogP contribution is -2.28. The number of ether oxygens (including phenoxy) is 4. The molecule has 0 aliphatic carbocycles. The zero-order chi connectivity index (χ0) is 26.5. The molecule has 0 saturated heterocycles. The van der Waals surface area contributed by atoms with Crippen LogP contribution in [0, 0.1) is 0 Å². The molecule has 1 N–H and O–H groups in total. The van der Waals surface area contributed by atoms with Crippen LogP contribution in [0.2, 0.25) is 0 Å². The molecule has 1 atom stereocenters. The first-order valence-corrected chi connectivity index (χ1v) is 12.8. The predicted octanol–water partition coefficient (Wildman–Crippen LogP) is 6.33. The van der Waals surface area contributed by atoms with Crippen LogP contribution in [-0.2, 0) is 6.54 Å². The Labute approximate surface area is 225 Å². The van der Waals surface area contributed by atoms with Gasteiger partial charge in [0.25, 0.3) is 5.91 Å².